The van der Waals surface area contributed by atoms with Gasteiger partial charge in [0.15, 0.2) is 0 Å². The number of hydrogen-bond donors (Lipinski definition) is 0. The van der Waals surface area contributed by atoms with Crippen LogP contribution in [0.1, 0.15) is 21.9 Å². The van der Waals surface area contributed by atoms with Crippen LogP contribution in [-0.4, -0.2) is 22.3 Å². The van der Waals surface area contributed by atoms with Gasteiger partial charge in [0.05, 0.1) is 12.1 Å². The lowest BCUT2D eigenvalue weighted by atomic mass is 10.1. The molecule has 0 aromatic carbocycles. The van der Waals surface area contributed by atoms with Crippen LogP contribution in [-0.2, 0) is 24.2 Å². The number of aryl methyl sites for hydroxylation is 1. The minimum absolute atomic E-state index is 0.120. The normalized spacial score (nSPS) is 14.0. The fourth-order valence-electron chi connectivity index (χ4n) is 2.82. The predicted octanol–water partition coefficient (Wildman–Crippen LogP) is 3.90. The molecule has 4 rings (SSSR count). The van der Waals surface area contributed by atoms with Crippen LogP contribution in [0.3, 0.4) is 0 Å². The highest BCUT2D eigenvalue weighted by atomic mass is 32.1. The standard InChI is InChI=1S/C17H16N2O2S2/c1-11-14(18-17(21-11)13-3-6-22-10-13)8-16(20)19-5-2-15-12(9-19)4-7-23-15/h3-4,6-7,10H,2,5,8-9H2,1H3. The van der Waals surface area contributed by atoms with Gasteiger partial charge in [-0.2, -0.15) is 11.3 Å². The first-order valence-electron chi connectivity index (χ1n) is 7.52. The van der Waals surface area contributed by atoms with Gasteiger partial charge in [-0.05, 0) is 41.8 Å². The van der Waals surface area contributed by atoms with Crippen molar-refractivity contribution in [3.63, 3.8) is 0 Å². The van der Waals surface area contributed by atoms with Crippen molar-refractivity contribution in [2.24, 2.45) is 0 Å². The Morgan fingerprint density at radius 3 is 3.13 bits per heavy atom. The Morgan fingerprint density at radius 1 is 1.39 bits per heavy atom. The van der Waals surface area contributed by atoms with Crippen molar-refractivity contribution in [2.75, 3.05) is 6.54 Å². The van der Waals surface area contributed by atoms with E-state index in [0.29, 0.717) is 18.9 Å². The van der Waals surface area contributed by atoms with Crippen LogP contribution in [0.25, 0.3) is 11.5 Å². The zero-order chi connectivity index (χ0) is 15.8. The molecule has 0 fully saturated rings. The number of rotatable bonds is 3. The summed E-state index contributed by atoms with van der Waals surface area (Å²) in [6.07, 6.45) is 1.26. The Morgan fingerprint density at radius 2 is 2.30 bits per heavy atom. The van der Waals surface area contributed by atoms with Crippen LogP contribution in [0.5, 0.6) is 0 Å². The Hall–Kier alpha value is -1.92. The first-order chi connectivity index (χ1) is 11.2. The molecule has 4 nitrogen and oxygen atoms in total. The second kappa shape index (κ2) is 5.94. The van der Waals surface area contributed by atoms with Crippen molar-refractivity contribution >= 4 is 28.6 Å². The summed E-state index contributed by atoms with van der Waals surface area (Å²) < 4.78 is 5.72. The summed E-state index contributed by atoms with van der Waals surface area (Å²) in [6.45, 7) is 3.38. The van der Waals surface area contributed by atoms with E-state index >= 15 is 0 Å². The van der Waals surface area contributed by atoms with Gasteiger partial charge >= 0.3 is 0 Å². The molecule has 0 atom stereocenters. The second-order valence-electron chi connectivity index (χ2n) is 5.65. The lowest BCUT2D eigenvalue weighted by Crippen LogP contribution is -2.36. The molecular formula is C17H16N2O2S2. The molecule has 0 radical (unpaired) electrons. The number of carbonyl (C=O) groups excluding carboxylic acids is 1. The Labute approximate surface area is 142 Å². The Kier molecular flexibility index (Phi) is 3.79. The van der Waals surface area contributed by atoms with E-state index in [1.807, 2.05) is 28.7 Å². The van der Waals surface area contributed by atoms with E-state index < -0.39 is 0 Å². The van der Waals surface area contributed by atoms with Crippen molar-refractivity contribution in [1.29, 1.82) is 0 Å². The van der Waals surface area contributed by atoms with E-state index in [9.17, 15) is 4.79 Å². The van der Waals surface area contributed by atoms with Crippen LogP contribution in [0.15, 0.2) is 32.7 Å². The maximum Gasteiger partial charge on any atom is 0.229 e. The molecular weight excluding hydrogens is 328 g/mol. The number of fused-ring (bicyclic) bond motifs is 1. The summed E-state index contributed by atoms with van der Waals surface area (Å²) >= 11 is 3.39. The second-order valence-corrected chi connectivity index (χ2v) is 7.43. The molecule has 0 saturated heterocycles. The molecule has 6 heteroatoms. The molecule has 23 heavy (non-hydrogen) atoms. The van der Waals surface area contributed by atoms with Crippen LogP contribution >= 0.6 is 22.7 Å². The highest BCUT2D eigenvalue weighted by Gasteiger charge is 2.23. The summed E-state index contributed by atoms with van der Waals surface area (Å²) in [4.78, 5) is 20.4. The number of amides is 1. The Bertz CT molecular complexity index is 833. The minimum Gasteiger partial charge on any atom is -0.441 e. The number of carbonyl (C=O) groups is 1. The van der Waals surface area contributed by atoms with E-state index in [0.717, 1.165) is 30.0 Å². The molecule has 1 amide bonds. The van der Waals surface area contributed by atoms with Crippen LogP contribution in [0, 0.1) is 6.92 Å². The number of oxazole rings is 1. The lowest BCUT2D eigenvalue weighted by Gasteiger charge is -2.26. The van der Waals surface area contributed by atoms with Crippen LogP contribution < -0.4 is 0 Å². The molecule has 3 aromatic heterocycles. The average molecular weight is 344 g/mol. The zero-order valence-corrected chi connectivity index (χ0v) is 14.4. The van der Waals surface area contributed by atoms with Crippen molar-refractivity contribution in [1.82, 2.24) is 9.88 Å². The zero-order valence-electron chi connectivity index (χ0n) is 12.7. The van der Waals surface area contributed by atoms with Crippen molar-refractivity contribution in [2.45, 2.75) is 26.3 Å². The molecule has 0 unspecified atom stereocenters. The monoisotopic (exact) mass is 344 g/mol. The largest absolute Gasteiger partial charge is 0.441 e. The molecule has 0 spiro atoms. The summed E-state index contributed by atoms with van der Waals surface area (Å²) in [6, 6.07) is 4.10. The topological polar surface area (TPSA) is 46.3 Å². The average Bonchev–Trinajstić information content (AvgIpc) is 3.27. The van der Waals surface area contributed by atoms with Gasteiger partial charge in [-0.15, -0.1) is 11.3 Å². The van der Waals surface area contributed by atoms with Gasteiger partial charge < -0.3 is 9.32 Å². The Balaban J connectivity index is 1.49. The van der Waals surface area contributed by atoms with Gasteiger partial charge in [-0.25, -0.2) is 4.98 Å². The van der Waals surface area contributed by atoms with E-state index in [2.05, 4.69) is 16.4 Å². The predicted molar refractivity (Wildman–Crippen MR) is 91.7 cm³/mol. The van der Waals surface area contributed by atoms with Gasteiger partial charge in [0.25, 0.3) is 0 Å². The molecule has 1 aliphatic heterocycles. The van der Waals surface area contributed by atoms with Gasteiger partial charge in [-0.1, -0.05) is 0 Å². The molecule has 0 aliphatic carbocycles. The van der Waals surface area contributed by atoms with E-state index in [1.165, 1.54) is 10.4 Å². The molecule has 0 N–H and O–H groups in total. The SMILES string of the molecule is Cc1oc(-c2ccsc2)nc1CC(=O)N1CCc2sccc2C1. The minimum atomic E-state index is 0.120. The van der Waals surface area contributed by atoms with Crippen LogP contribution in [0.2, 0.25) is 0 Å². The smallest absolute Gasteiger partial charge is 0.229 e. The fraction of sp³-hybridized carbons (Fsp3) is 0.294. The van der Waals surface area contributed by atoms with Crippen molar-refractivity contribution in [3.8, 4) is 11.5 Å². The third-order valence-electron chi connectivity index (χ3n) is 4.14. The molecule has 3 aromatic rings. The lowest BCUT2D eigenvalue weighted by molar-refractivity contribution is -0.131. The summed E-state index contributed by atoms with van der Waals surface area (Å²) in [5, 5.41) is 6.10. The van der Waals surface area contributed by atoms with E-state index in [-0.39, 0.29) is 5.91 Å². The number of hydrogen-bond acceptors (Lipinski definition) is 5. The van der Waals surface area contributed by atoms with Gasteiger partial charge in [0.2, 0.25) is 11.8 Å². The van der Waals surface area contributed by atoms with E-state index in [1.54, 1.807) is 22.7 Å². The van der Waals surface area contributed by atoms with Crippen molar-refractivity contribution < 1.29 is 9.21 Å². The maximum atomic E-state index is 12.6. The quantitative estimate of drug-likeness (QED) is 0.724. The van der Waals surface area contributed by atoms with E-state index in [4.69, 9.17) is 4.42 Å². The third-order valence-corrected chi connectivity index (χ3v) is 5.85. The highest BCUT2D eigenvalue weighted by Crippen LogP contribution is 2.26. The summed E-state index contributed by atoms with van der Waals surface area (Å²) in [5.41, 5.74) is 3.00. The first-order valence-corrected chi connectivity index (χ1v) is 9.35. The van der Waals surface area contributed by atoms with Crippen LogP contribution in [0.4, 0.5) is 0 Å². The summed E-state index contributed by atoms with van der Waals surface area (Å²) in [5.74, 6) is 1.45. The highest BCUT2D eigenvalue weighted by molar-refractivity contribution is 7.10. The molecule has 4 heterocycles. The van der Waals surface area contributed by atoms with Crippen molar-refractivity contribution in [3.05, 3.63) is 50.2 Å². The van der Waals surface area contributed by atoms with Gasteiger partial charge in [-0.3, -0.25) is 4.79 Å². The number of thiophene rings is 2. The molecule has 118 valence electrons. The molecule has 0 saturated carbocycles. The number of nitrogens with zero attached hydrogens (tertiary/aromatic N) is 2. The third kappa shape index (κ3) is 2.84. The van der Waals surface area contributed by atoms with Gasteiger partial charge in [0, 0.05) is 28.9 Å². The first kappa shape index (κ1) is 14.7. The molecule has 0 bridgehead atoms. The fourth-order valence-corrected chi connectivity index (χ4v) is 4.34. The summed E-state index contributed by atoms with van der Waals surface area (Å²) in [7, 11) is 0. The van der Waals surface area contributed by atoms with Gasteiger partial charge in [0.1, 0.15) is 5.76 Å². The molecule has 1 aliphatic rings. The number of aromatic nitrogens is 1. The maximum absolute atomic E-state index is 12.6.